The average Bonchev–Trinajstić information content (AvgIpc) is 2.20. The van der Waals surface area contributed by atoms with E-state index >= 15 is 0 Å². The molecule has 0 aromatic carbocycles. The number of hydrogen-bond acceptors (Lipinski definition) is 3. The summed E-state index contributed by atoms with van der Waals surface area (Å²) < 4.78 is 5.60. The summed E-state index contributed by atoms with van der Waals surface area (Å²) in [4.78, 5) is 3.97. The molecule has 0 bridgehead atoms. The summed E-state index contributed by atoms with van der Waals surface area (Å²) in [5.74, 6) is 0.806. The minimum absolute atomic E-state index is 0.138. The molecule has 1 rings (SSSR count). The number of rotatable bonds is 6. The highest BCUT2D eigenvalue weighted by Crippen LogP contribution is 2.08. The molecule has 0 amide bonds. The van der Waals surface area contributed by atoms with Crippen LogP contribution in [-0.4, -0.2) is 24.2 Å². The molecule has 3 nitrogen and oxygen atoms in total. The minimum Gasteiger partial charge on any atom is -0.488 e. The van der Waals surface area contributed by atoms with E-state index in [1.54, 1.807) is 12.4 Å². The Morgan fingerprint density at radius 2 is 2.57 bits per heavy atom. The van der Waals surface area contributed by atoms with Gasteiger partial charge in [0.2, 0.25) is 0 Å². The monoisotopic (exact) mass is 192 g/mol. The lowest BCUT2D eigenvalue weighted by molar-refractivity contribution is 0.218. The molecule has 0 radical (unpaired) electrons. The first-order valence-corrected chi connectivity index (χ1v) is 4.71. The van der Waals surface area contributed by atoms with Crippen molar-refractivity contribution < 1.29 is 4.74 Å². The quantitative estimate of drug-likeness (QED) is 0.549. The van der Waals surface area contributed by atoms with Gasteiger partial charge in [-0.2, -0.15) is 0 Å². The number of hydrogen-bond donors (Lipinski definition) is 1. The highest BCUT2D eigenvalue weighted by Gasteiger charge is 2.01. The van der Waals surface area contributed by atoms with E-state index < -0.39 is 0 Å². The normalized spacial score (nSPS) is 12.1. The van der Waals surface area contributed by atoms with Crippen LogP contribution in [0.4, 0.5) is 0 Å². The summed E-state index contributed by atoms with van der Waals surface area (Å²) in [7, 11) is 0. The third-order valence-electron chi connectivity index (χ3n) is 1.69. The largest absolute Gasteiger partial charge is 0.488 e. The second kappa shape index (κ2) is 6.16. The van der Waals surface area contributed by atoms with Crippen molar-refractivity contribution >= 4 is 0 Å². The smallest absolute Gasteiger partial charge is 0.138 e. The highest BCUT2D eigenvalue weighted by molar-refractivity contribution is 5.15. The maximum absolute atomic E-state index is 5.60. The SMILES string of the molecule is C=CCNCC(C)Oc1cccnc1. The van der Waals surface area contributed by atoms with Crippen LogP contribution in [0.1, 0.15) is 6.92 Å². The maximum atomic E-state index is 5.60. The van der Waals surface area contributed by atoms with Crippen LogP contribution in [0.5, 0.6) is 5.75 Å². The summed E-state index contributed by atoms with van der Waals surface area (Å²) in [6.45, 7) is 7.26. The molecule has 0 aliphatic carbocycles. The minimum atomic E-state index is 0.138. The zero-order valence-electron chi connectivity index (χ0n) is 8.44. The molecular formula is C11H16N2O. The van der Waals surface area contributed by atoms with E-state index in [0.29, 0.717) is 0 Å². The van der Waals surface area contributed by atoms with Crippen molar-refractivity contribution in [3.8, 4) is 5.75 Å². The van der Waals surface area contributed by atoms with Crippen LogP contribution in [0.2, 0.25) is 0 Å². The molecule has 1 unspecified atom stereocenters. The van der Waals surface area contributed by atoms with Crippen LogP contribution in [0.3, 0.4) is 0 Å². The molecule has 0 spiro atoms. The summed E-state index contributed by atoms with van der Waals surface area (Å²) in [5, 5.41) is 3.19. The molecule has 3 heteroatoms. The van der Waals surface area contributed by atoms with Gasteiger partial charge in [0.1, 0.15) is 11.9 Å². The lowest BCUT2D eigenvalue weighted by Crippen LogP contribution is -2.28. The Labute approximate surface area is 84.8 Å². The average molecular weight is 192 g/mol. The Morgan fingerprint density at radius 3 is 3.21 bits per heavy atom. The second-order valence-corrected chi connectivity index (χ2v) is 3.06. The summed E-state index contributed by atoms with van der Waals surface area (Å²) in [6.07, 6.45) is 5.41. The number of nitrogens with zero attached hydrogens (tertiary/aromatic N) is 1. The second-order valence-electron chi connectivity index (χ2n) is 3.06. The van der Waals surface area contributed by atoms with Crippen LogP contribution < -0.4 is 10.1 Å². The van der Waals surface area contributed by atoms with Gasteiger partial charge in [-0.05, 0) is 19.1 Å². The number of ether oxygens (including phenoxy) is 1. The molecule has 0 saturated heterocycles. The van der Waals surface area contributed by atoms with Gasteiger partial charge in [-0.3, -0.25) is 4.98 Å². The van der Waals surface area contributed by atoms with Gasteiger partial charge < -0.3 is 10.1 Å². The van der Waals surface area contributed by atoms with Crippen molar-refractivity contribution in [3.63, 3.8) is 0 Å². The van der Waals surface area contributed by atoms with Gasteiger partial charge in [0.15, 0.2) is 0 Å². The van der Waals surface area contributed by atoms with Gasteiger partial charge in [0.25, 0.3) is 0 Å². The number of aromatic nitrogens is 1. The van der Waals surface area contributed by atoms with Crippen LogP contribution in [0, 0.1) is 0 Å². The van der Waals surface area contributed by atoms with E-state index in [1.165, 1.54) is 0 Å². The molecule has 0 aliphatic heterocycles. The van der Waals surface area contributed by atoms with Gasteiger partial charge >= 0.3 is 0 Å². The summed E-state index contributed by atoms with van der Waals surface area (Å²) >= 11 is 0. The molecular weight excluding hydrogens is 176 g/mol. The van der Waals surface area contributed by atoms with E-state index in [4.69, 9.17) is 4.74 Å². The van der Waals surface area contributed by atoms with Crippen LogP contribution in [0.25, 0.3) is 0 Å². The molecule has 0 saturated carbocycles. The zero-order valence-corrected chi connectivity index (χ0v) is 8.44. The van der Waals surface area contributed by atoms with Crippen molar-refractivity contribution in [3.05, 3.63) is 37.2 Å². The van der Waals surface area contributed by atoms with Crippen LogP contribution in [0.15, 0.2) is 37.2 Å². The number of nitrogens with one attached hydrogen (secondary N) is 1. The van der Waals surface area contributed by atoms with E-state index in [2.05, 4.69) is 16.9 Å². The first-order chi connectivity index (χ1) is 6.83. The van der Waals surface area contributed by atoms with Crippen molar-refractivity contribution in [2.45, 2.75) is 13.0 Å². The fraction of sp³-hybridized carbons (Fsp3) is 0.364. The van der Waals surface area contributed by atoms with Crippen molar-refractivity contribution in [2.24, 2.45) is 0 Å². The van der Waals surface area contributed by atoms with Gasteiger partial charge in [0, 0.05) is 19.3 Å². The molecule has 1 N–H and O–H groups in total. The Kier molecular flexibility index (Phi) is 4.72. The van der Waals surface area contributed by atoms with Crippen LogP contribution in [-0.2, 0) is 0 Å². The summed E-state index contributed by atoms with van der Waals surface area (Å²) in [6, 6.07) is 3.76. The molecule has 76 valence electrons. The topological polar surface area (TPSA) is 34.1 Å². The van der Waals surface area contributed by atoms with Crippen molar-refractivity contribution in [2.75, 3.05) is 13.1 Å². The third-order valence-corrected chi connectivity index (χ3v) is 1.69. The van der Waals surface area contributed by atoms with E-state index in [-0.39, 0.29) is 6.10 Å². The van der Waals surface area contributed by atoms with E-state index in [1.807, 2.05) is 25.1 Å². The lowest BCUT2D eigenvalue weighted by Gasteiger charge is -2.14. The standard InChI is InChI=1S/C11H16N2O/c1-3-6-12-8-10(2)14-11-5-4-7-13-9-11/h3-5,7,9-10,12H,1,6,8H2,2H3. The van der Waals surface area contributed by atoms with Gasteiger partial charge in [-0.15, -0.1) is 6.58 Å². The maximum Gasteiger partial charge on any atom is 0.138 e. The molecule has 1 atom stereocenters. The summed E-state index contributed by atoms with van der Waals surface area (Å²) in [5.41, 5.74) is 0. The Bertz CT molecular complexity index is 261. The molecule has 0 aliphatic rings. The highest BCUT2D eigenvalue weighted by atomic mass is 16.5. The molecule has 1 heterocycles. The van der Waals surface area contributed by atoms with E-state index in [0.717, 1.165) is 18.8 Å². The fourth-order valence-corrected chi connectivity index (χ4v) is 1.08. The van der Waals surface area contributed by atoms with Gasteiger partial charge in [0.05, 0.1) is 6.20 Å². The Hall–Kier alpha value is -1.35. The van der Waals surface area contributed by atoms with Crippen molar-refractivity contribution in [1.29, 1.82) is 0 Å². The van der Waals surface area contributed by atoms with Crippen molar-refractivity contribution in [1.82, 2.24) is 10.3 Å². The predicted molar refractivity (Wildman–Crippen MR) is 57.4 cm³/mol. The lowest BCUT2D eigenvalue weighted by atomic mass is 10.4. The van der Waals surface area contributed by atoms with Crippen LogP contribution >= 0.6 is 0 Å². The molecule has 14 heavy (non-hydrogen) atoms. The third kappa shape index (κ3) is 4.05. The Morgan fingerprint density at radius 1 is 1.71 bits per heavy atom. The Balaban J connectivity index is 2.26. The molecule has 1 aromatic rings. The molecule has 1 aromatic heterocycles. The first-order valence-electron chi connectivity index (χ1n) is 4.71. The zero-order chi connectivity index (χ0) is 10.2. The number of pyridine rings is 1. The first kappa shape index (κ1) is 10.7. The molecule has 0 fully saturated rings. The predicted octanol–water partition coefficient (Wildman–Crippen LogP) is 1.62. The van der Waals surface area contributed by atoms with E-state index in [9.17, 15) is 0 Å². The van der Waals surface area contributed by atoms with Gasteiger partial charge in [-0.1, -0.05) is 6.08 Å². The fourth-order valence-electron chi connectivity index (χ4n) is 1.08. The van der Waals surface area contributed by atoms with Gasteiger partial charge in [-0.25, -0.2) is 0 Å².